The highest BCUT2D eigenvalue weighted by atomic mass is 16.4. The van der Waals surface area contributed by atoms with Crippen molar-refractivity contribution in [1.29, 1.82) is 0 Å². The smallest absolute Gasteiger partial charge is 0.307 e. The molecule has 1 amide bonds. The molecule has 0 aromatic carbocycles. The van der Waals surface area contributed by atoms with Gasteiger partial charge in [0.25, 0.3) is 0 Å². The van der Waals surface area contributed by atoms with E-state index in [0.29, 0.717) is 12.3 Å². The minimum atomic E-state index is -0.822. The molecule has 2 rings (SSSR count). The third-order valence-corrected chi connectivity index (χ3v) is 3.98. The van der Waals surface area contributed by atoms with Crippen molar-refractivity contribution < 1.29 is 14.7 Å². The third-order valence-electron chi connectivity index (χ3n) is 3.98. The van der Waals surface area contributed by atoms with Crippen molar-refractivity contribution in [3.05, 3.63) is 0 Å². The summed E-state index contributed by atoms with van der Waals surface area (Å²) in [5, 5.41) is 11.9. The molecule has 2 unspecified atom stereocenters. The second-order valence-corrected chi connectivity index (χ2v) is 5.20. The molecule has 0 spiro atoms. The second-order valence-electron chi connectivity index (χ2n) is 5.20. The van der Waals surface area contributed by atoms with E-state index in [0.717, 1.165) is 25.3 Å². The lowest BCUT2D eigenvalue weighted by Crippen LogP contribution is -2.36. The van der Waals surface area contributed by atoms with E-state index in [2.05, 4.69) is 12.2 Å². The predicted molar refractivity (Wildman–Crippen MR) is 58.7 cm³/mol. The van der Waals surface area contributed by atoms with Gasteiger partial charge in [0.05, 0.1) is 11.8 Å². The van der Waals surface area contributed by atoms with Crippen LogP contribution in [0.2, 0.25) is 0 Å². The monoisotopic (exact) mass is 225 g/mol. The first kappa shape index (κ1) is 11.4. The van der Waals surface area contributed by atoms with Gasteiger partial charge in [-0.1, -0.05) is 13.3 Å². The van der Waals surface area contributed by atoms with E-state index in [9.17, 15) is 9.59 Å². The summed E-state index contributed by atoms with van der Waals surface area (Å²) in [6.45, 7) is 2.90. The normalized spacial score (nSPS) is 37.1. The number of carbonyl (C=O) groups is 2. The van der Waals surface area contributed by atoms with Crippen molar-refractivity contribution in [2.45, 2.75) is 32.6 Å². The zero-order chi connectivity index (χ0) is 11.7. The minimum Gasteiger partial charge on any atom is -0.481 e. The number of rotatable bonds is 4. The number of carboxylic acids is 1. The van der Waals surface area contributed by atoms with Crippen LogP contribution in [0.15, 0.2) is 0 Å². The summed E-state index contributed by atoms with van der Waals surface area (Å²) in [6.07, 6.45) is 3.42. The lowest BCUT2D eigenvalue weighted by molar-refractivity contribution is -0.146. The van der Waals surface area contributed by atoms with Gasteiger partial charge in [-0.2, -0.15) is 0 Å². The molecular formula is C12H19NO3. The fourth-order valence-electron chi connectivity index (χ4n) is 2.62. The number of carboxylic acid groups (broad SMARTS) is 1. The van der Waals surface area contributed by atoms with Crippen LogP contribution in [-0.4, -0.2) is 23.5 Å². The molecule has 2 fully saturated rings. The van der Waals surface area contributed by atoms with Crippen molar-refractivity contribution in [2.75, 3.05) is 6.54 Å². The second kappa shape index (κ2) is 4.44. The van der Waals surface area contributed by atoms with Gasteiger partial charge in [-0.05, 0) is 31.1 Å². The molecule has 2 aliphatic rings. The lowest BCUT2D eigenvalue weighted by atomic mass is 9.95. The highest BCUT2D eigenvalue weighted by Gasteiger charge is 2.39. The van der Waals surface area contributed by atoms with Gasteiger partial charge in [-0.25, -0.2) is 0 Å². The molecule has 4 atom stereocenters. The van der Waals surface area contributed by atoms with Crippen LogP contribution in [0.1, 0.15) is 32.6 Å². The summed E-state index contributed by atoms with van der Waals surface area (Å²) in [6, 6.07) is 0. The first-order valence-electron chi connectivity index (χ1n) is 6.10. The Labute approximate surface area is 95.4 Å². The zero-order valence-electron chi connectivity index (χ0n) is 9.61. The zero-order valence-corrected chi connectivity index (χ0v) is 9.61. The fourth-order valence-corrected chi connectivity index (χ4v) is 2.62. The van der Waals surface area contributed by atoms with Crippen molar-refractivity contribution in [3.8, 4) is 0 Å². The van der Waals surface area contributed by atoms with Crippen LogP contribution in [0, 0.1) is 23.7 Å². The van der Waals surface area contributed by atoms with Crippen molar-refractivity contribution >= 4 is 11.9 Å². The van der Waals surface area contributed by atoms with Gasteiger partial charge >= 0.3 is 5.97 Å². The van der Waals surface area contributed by atoms with Crippen LogP contribution in [0.25, 0.3) is 0 Å². The molecule has 2 N–H and O–H groups in total. The number of aliphatic carboxylic acids is 1. The van der Waals surface area contributed by atoms with Crippen LogP contribution < -0.4 is 5.32 Å². The van der Waals surface area contributed by atoms with E-state index in [4.69, 9.17) is 5.11 Å². The minimum absolute atomic E-state index is 0.0519. The molecule has 0 radical (unpaired) electrons. The van der Waals surface area contributed by atoms with Gasteiger partial charge in [0, 0.05) is 6.54 Å². The maximum atomic E-state index is 11.8. The van der Waals surface area contributed by atoms with Crippen LogP contribution in [0.4, 0.5) is 0 Å². The third kappa shape index (κ3) is 2.36. The first-order chi connectivity index (χ1) is 7.59. The van der Waals surface area contributed by atoms with Crippen molar-refractivity contribution in [2.24, 2.45) is 23.7 Å². The Hall–Kier alpha value is -1.06. The van der Waals surface area contributed by atoms with Crippen molar-refractivity contribution in [1.82, 2.24) is 5.32 Å². The van der Waals surface area contributed by atoms with Crippen LogP contribution in [0.5, 0.6) is 0 Å². The maximum absolute atomic E-state index is 11.8. The fraction of sp³-hybridized carbons (Fsp3) is 0.833. The molecule has 4 nitrogen and oxygen atoms in total. The van der Waals surface area contributed by atoms with Gasteiger partial charge in [0.2, 0.25) is 5.91 Å². The van der Waals surface area contributed by atoms with E-state index in [1.54, 1.807) is 0 Å². The standard InChI is InChI=1S/C12H19NO3/c1-7-5-8(7)6-13-11(14)9-3-2-4-10(9)12(15)16/h7-10H,2-6H2,1H3,(H,13,14)(H,15,16)/t7?,8?,9-,10+/m1/s1. The topological polar surface area (TPSA) is 66.4 Å². The Balaban J connectivity index is 1.81. The number of hydrogen-bond acceptors (Lipinski definition) is 2. The van der Waals surface area contributed by atoms with Gasteiger partial charge < -0.3 is 10.4 Å². The van der Waals surface area contributed by atoms with Gasteiger partial charge in [-0.3, -0.25) is 9.59 Å². The number of nitrogens with one attached hydrogen (secondary N) is 1. The largest absolute Gasteiger partial charge is 0.481 e. The van der Waals surface area contributed by atoms with Crippen LogP contribution >= 0.6 is 0 Å². The average molecular weight is 225 g/mol. The molecule has 16 heavy (non-hydrogen) atoms. The molecule has 0 aliphatic heterocycles. The summed E-state index contributed by atoms with van der Waals surface area (Å²) in [5.41, 5.74) is 0. The van der Waals surface area contributed by atoms with Gasteiger partial charge in [0.15, 0.2) is 0 Å². The van der Waals surface area contributed by atoms with Crippen LogP contribution in [-0.2, 0) is 9.59 Å². The van der Waals surface area contributed by atoms with Gasteiger partial charge in [0.1, 0.15) is 0 Å². The molecule has 4 heteroatoms. The van der Waals surface area contributed by atoms with E-state index >= 15 is 0 Å². The average Bonchev–Trinajstić information content (AvgIpc) is 2.78. The van der Waals surface area contributed by atoms with Crippen LogP contribution in [0.3, 0.4) is 0 Å². The van der Waals surface area contributed by atoms with Gasteiger partial charge in [-0.15, -0.1) is 0 Å². The number of carbonyl (C=O) groups excluding carboxylic acids is 1. The molecule has 90 valence electrons. The molecule has 0 bridgehead atoms. The molecule has 0 saturated heterocycles. The molecule has 0 aromatic rings. The summed E-state index contributed by atoms with van der Waals surface area (Å²) in [5.74, 6) is -0.294. The SMILES string of the molecule is CC1CC1CNC(=O)[C@@H]1CCC[C@@H]1C(=O)O. The lowest BCUT2D eigenvalue weighted by Gasteiger charge is -2.15. The Morgan fingerprint density at radius 3 is 2.50 bits per heavy atom. The highest BCUT2D eigenvalue weighted by molar-refractivity contribution is 5.85. The highest BCUT2D eigenvalue weighted by Crippen LogP contribution is 2.37. The maximum Gasteiger partial charge on any atom is 0.307 e. The Morgan fingerprint density at radius 1 is 1.31 bits per heavy atom. The number of hydrogen-bond donors (Lipinski definition) is 2. The van der Waals surface area contributed by atoms with E-state index in [1.807, 2.05) is 0 Å². The Bertz CT molecular complexity index is 303. The molecule has 2 aliphatic carbocycles. The first-order valence-corrected chi connectivity index (χ1v) is 6.10. The van der Waals surface area contributed by atoms with E-state index in [1.165, 1.54) is 6.42 Å². The number of amides is 1. The summed E-state index contributed by atoms with van der Waals surface area (Å²) in [7, 11) is 0. The quantitative estimate of drug-likeness (QED) is 0.757. The Morgan fingerprint density at radius 2 is 1.94 bits per heavy atom. The Kier molecular flexibility index (Phi) is 3.17. The molecule has 0 heterocycles. The predicted octanol–water partition coefficient (Wildman–Crippen LogP) is 1.26. The van der Waals surface area contributed by atoms with E-state index < -0.39 is 11.9 Å². The summed E-state index contributed by atoms with van der Waals surface area (Å²) < 4.78 is 0. The molecule has 2 saturated carbocycles. The van der Waals surface area contributed by atoms with Crippen molar-refractivity contribution in [3.63, 3.8) is 0 Å². The summed E-state index contributed by atoms with van der Waals surface area (Å²) >= 11 is 0. The molecule has 0 aromatic heterocycles. The molecular weight excluding hydrogens is 206 g/mol. The summed E-state index contributed by atoms with van der Waals surface area (Å²) in [4.78, 5) is 22.8. The van der Waals surface area contributed by atoms with E-state index in [-0.39, 0.29) is 11.8 Å².